The Morgan fingerprint density at radius 2 is 2.00 bits per heavy atom. The van der Waals surface area contributed by atoms with Gasteiger partial charge in [-0.2, -0.15) is 13.2 Å². The van der Waals surface area contributed by atoms with Crippen LogP contribution >= 0.6 is 0 Å². The molecular weight excluding hydrogens is 251 g/mol. The summed E-state index contributed by atoms with van der Waals surface area (Å²) in [5.41, 5.74) is -0.914. The molecule has 1 rings (SSSR count). The predicted octanol–water partition coefficient (Wildman–Crippen LogP) is 2.32. The van der Waals surface area contributed by atoms with Crippen LogP contribution in [0.15, 0.2) is 18.2 Å². The summed E-state index contributed by atoms with van der Waals surface area (Å²) < 4.78 is 37.1. The molecule has 0 atom stereocenters. The fourth-order valence-electron chi connectivity index (χ4n) is 1.50. The average molecular weight is 263 g/mol. The van der Waals surface area contributed by atoms with Crippen LogP contribution in [0.2, 0.25) is 0 Å². The van der Waals surface area contributed by atoms with Gasteiger partial charge in [-0.1, -0.05) is 0 Å². The molecule has 100 valence electrons. The van der Waals surface area contributed by atoms with Crippen molar-refractivity contribution < 1.29 is 28.2 Å². The van der Waals surface area contributed by atoms with Gasteiger partial charge >= 0.3 is 12.1 Å². The molecule has 7 heteroatoms. The Hall–Kier alpha value is -1.92. The number of benzene rings is 1. The van der Waals surface area contributed by atoms with E-state index in [-0.39, 0.29) is 12.2 Å². The lowest BCUT2D eigenvalue weighted by Crippen LogP contribution is -2.29. The van der Waals surface area contributed by atoms with Gasteiger partial charge in [0.05, 0.1) is 11.3 Å². The quantitative estimate of drug-likeness (QED) is 0.875. The minimum Gasteiger partial charge on any atom is -0.506 e. The molecule has 0 aliphatic rings. The van der Waals surface area contributed by atoms with Crippen LogP contribution in [0.1, 0.15) is 12.5 Å². The molecule has 1 aromatic carbocycles. The fourth-order valence-corrected chi connectivity index (χ4v) is 1.50. The third-order valence-electron chi connectivity index (χ3n) is 2.35. The summed E-state index contributed by atoms with van der Waals surface area (Å²) in [6, 6.07) is 2.45. The van der Waals surface area contributed by atoms with E-state index in [1.807, 2.05) is 0 Å². The van der Waals surface area contributed by atoms with Gasteiger partial charge in [0.15, 0.2) is 0 Å². The van der Waals surface area contributed by atoms with Gasteiger partial charge in [-0.25, -0.2) is 0 Å². The van der Waals surface area contributed by atoms with Gasteiger partial charge in [0.1, 0.15) is 12.3 Å². The molecule has 0 spiro atoms. The molecule has 0 radical (unpaired) electrons. The van der Waals surface area contributed by atoms with E-state index in [1.165, 1.54) is 4.90 Å². The number of alkyl halides is 3. The first-order valence-corrected chi connectivity index (χ1v) is 5.12. The largest absolute Gasteiger partial charge is 0.506 e. The number of phenols is 1. The monoisotopic (exact) mass is 263 g/mol. The Morgan fingerprint density at radius 1 is 1.39 bits per heavy atom. The molecule has 18 heavy (non-hydrogen) atoms. The van der Waals surface area contributed by atoms with Crippen LogP contribution in [0.25, 0.3) is 0 Å². The lowest BCUT2D eigenvalue weighted by molar-refractivity contribution is -0.138. The van der Waals surface area contributed by atoms with Crippen molar-refractivity contribution in [1.82, 2.24) is 0 Å². The second kappa shape index (κ2) is 5.16. The number of carboxylic acid groups (broad SMARTS) is 1. The molecule has 0 unspecified atom stereocenters. The first-order valence-electron chi connectivity index (χ1n) is 5.12. The molecule has 0 fully saturated rings. The SMILES string of the molecule is CCN(CC(=O)O)c1ccc(C(F)(F)F)cc1O. The number of carbonyl (C=O) groups is 1. The van der Waals surface area contributed by atoms with Crippen molar-refractivity contribution >= 4 is 11.7 Å². The minimum atomic E-state index is -4.54. The summed E-state index contributed by atoms with van der Waals surface area (Å²) in [7, 11) is 0. The number of hydrogen-bond acceptors (Lipinski definition) is 3. The maximum Gasteiger partial charge on any atom is 0.416 e. The first-order chi connectivity index (χ1) is 8.25. The van der Waals surface area contributed by atoms with Crippen molar-refractivity contribution in [2.24, 2.45) is 0 Å². The van der Waals surface area contributed by atoms with E-state index in [1.54, 1.807) is 6.92 Å². The number of nitrogens with zero attached hydrogens (tertiary/aromatic N) is 1. The Labute approximate surface area is 101 Å². The second-order valence-corrected chi connectivity index (χ2v) is 3.61. The molecule has 0 aliphatic carbocycles. The Morgan fingerprint density at radius 3 is 2.39 bits per heavy atom. The lowest BCUT2D eigenvalue weighted by Gasteiger charge is -2.22. The van der Waals surface area contributed by atoms with Gasteiger partial charge < -0.3 is 15.1 Å². The molecule has 0 aromatic heterocycles. The number of aromatic hydroxyl groups is 1. The number of phenolic OH excluding ortho intramolecular Hbond substituents is 1. The Balaban J connectivity index is 3.07. The average Bonchev–Trinajstić information content (AvgIpc) is 2.24. The third-order valence-corrected chi connectivity index (χ3v) is 2.35. The molecule has 0 heterocycles. The number of carboxylic acids is 1. The topological polar surface area (TPSA) is 60.8 Å². The van der Waals surface area contributed by atoms with Crippen LogP contribution in [0.3, 0.4) is 0 Å². The van der Waals surface area contributed by atoms with Crippen molar-refractivity contribution in [3.63, 3.8) is 0 Å². The van der Waals surface area contributed by atoms with Crippen molar-refractivity contribution in [3.05, 3.63) is 23.8 Å². The first kappa shape index (κ1) is 14.1. The Kier molecular flexibility index (Phi) is 4.05. The zero-order valence-electron chi connectivity index (χ0n) is 9.53. The molecule has 1 aromatic rings. The van der Waals surface area contributed by atoms with E-state index in [0.29, 0.717) is 6.07 Å². The molecule has 0 aliphatic heterocycles. The van der Waals surface area contributed by atoms with Crippen molar-refractivity contribution in [3.8, 4) is 5.75 Å². The second-order valence-electron chi connectivity index (χ2n) is 3.61. The molecule has 0 bridgehead atoms. The van der Waals surface area contributed by atoms with Crippen LogP contribution in [0.5, 0.6) is 5.75 Å². The zero-order chi connectivity index (χ0) is 13.9. The smallest absolute Gasteiger partial charge is 0.416 e. The van der Waals surface area contributed by atoms with Gasteiger partial charge in [-0.05, 0) is 25.1 Å². The molecule has 0 amide bonds. The maximum absolute atomic E-state index is 12.4. The van der Waals surface area contributed by atoms with Gasteiger partial charge in [0, 0.05) is 6.54 Å². The summed E-state index contributed by atoms with van der Waals surface area (Å²) in [6.45, 7) is 1.50. The highest BCUT2D eigenvalue weighted by atomic mass is 19.4. The van der Waals surface area contributed by atoms with Gasteiger partial charge in [-0.15, -0.1) is 0 Å². The maximum atomic E-state index is 12.4. The van der Waals surface area contributed by atoms with Crippen molar-refractivity contribution in [2.75, 3.05) is 18.0 Å². The van der Waals surface area contributed by atoms with E-state index >= 15 is 0 Å². The van der Waals surface area contributed by atoms with Crippen LogP contribution in [0, 0.1) is 0 Å². The highest BCUT2D eigenvalue weighted by Gasteiger charge is 2.31. The van der Waals surface area contributed by atoms with E-state index in [9.17, 15) is 23.1 Å². The third kappa shape index (κ3) is 3.28. The molecular formula is C11H12F3NO3. The van der Waals surface area contributed by atoms with E-state index < -0.39 is 30.0 Å². The zero-order valence-corrected chi connectivity index (χ0v) is 9.53. The van der Waals surface area contributed by atoms with Crippen LogP contribution in [-0.2, 0) is 11.0 Å². The van der Waals surface area contributed by atoms with E-state index in [2.05, 4.69) is 0 Å². The number of halogens is 3. The molecule has 2 N–H and O–H groups in total. The summed E-state index contributed by atoms with van der Waals surface area (Å²) in [6.07, 6.45) is -4.54. The minimum absolute atomic E-state index is 0.0629. The van der Waals surface area contributed by atoms with E-state index in [4.69, 9.17) is 5.11 Å². The summed E-state index contributed by atoms with van der Waals surface area (Å²) in [5.74, 6) is -1.72. The number of hydrogen-bond donors (Lipinski definition) is 2. The number of rotatable bonds is 4. The summed E-state index contributed by atoms with van der Waals surface area (Å²) in [5, 5.41) is 18.2. The highest BCUT2D eigenvalue weighted by molar-refractivity contribution is 5.75. The van der Waals surface area contributed by atoms with Gasteiger partial charge in [0.2, 0.25) is 0 Å². The molecule has 4 nitrogen and oxygen atoms in total. The predicted molar refractivity (Wildman–Crippen MR) is 58.6 cm³/mol. The standard InChI is InChI=1S/C11H12F3NO3/c1-2-15(6-10(17)18)8-4-3-7(5-9(8)16)11(12,13)14/h3-5,16H,2,6H2,1H3,(H,17,18). The van der Waals surface area contributed by atoms with Crippen LogP contribution in [0.4, 0.5) is 18.9 Å². The number of anilines is 1. The molecule has 0 saturated heterocycles. The highest BCUT2D eigenvalue weighted by Crippen LogP contribution is 2.35. The van der Waals surface area contributed by atoms with Gasteiger partial charge in [0.25, 0.3) is 0 Å². The van der Waals surface area contributed by atoms with Crippen LogP contribution < -0.4 is 4.90 Å². The summed E-state index contributed by atoms with van der Waals surface area (Å²) >= 11 is 0. The normalized spacial score (nSPS) is 11.3. The number of likely N-dealkylation sites (N-methyl/N-ethyl adjacent to an activating group) is 1. The fraction of sp³-hybridized carbons (Fsp3) is 0.364. The summed E-state index contributed by atoms with van der Waals surface area (Å²) in [4.78, 5) is 11.8. The van der Waals surface area contributed by atoms with Crippen LogP contribution in [-0.4, -0.2) is 29.3 Å². The van der Waals surface area contributed by atoms with E-state index in [0.717, 1.165) is 12.1 Å². The van der Waals surface area contributed by atoms with Crippen molar-refractivity contribution in [1.29, 1.82) is 0 Å². The Bertz CT molecular complexity index is 446. The lowest BCUT2D eigenvalue weighted by atomic mass is 10.1. The molecule has 0 saturated carbocycles. The number of aliphatic carboxylic acids is 1. The van der Waals surface area contributed by atoms with Gasteiger partial charge in [-0.3, -0.25) is 4.79 Å². The van der Waals surface area contributed by atoms with Crippen molar-refractivity contribution in [2.45, 2.75) is 13.1 Å².